The van der Waals surface area contributed by atoms with Gasteiger partial charge in [0.05, 0.1) is 11.1 Å². The van der Waals surface area contributed by atoms with Crippen LogP contribution in [0, 0.1) is 0 Å². The molecule has 2 amide bonds. The van der Waals surface area contributed by atoms with E-state index in [0.717, 1.165) is 0 Å². The van der Waals surface area contributed by atoms with Gasteiger partial charge < -0.3 is 10.6 Å². The Kier molecular flexibility index (Phi) is 5.79. The summed E-state index contributed by atoms with van der Waals surface area (Å²) < 4.78 is 1.23. The minimum atomic E-state index is -0.456. The molecule has 4 rings (SSSR count). The van der Waals surface area contributed by atoms with Crippen molar-refractivity contribution in [1.82, 2.24) is 15.1 Å². The third kappa shape index (κ3) is 4.82. The van der Waals surface area contributed by atoms with Gasteiger partial charge in [0.25, 0.3) is 17.4 Å². The summed E-state index contributed by atoms with van der Waals surface area (Å²) in [5.74, 6) is -0.647. The Balaban J connectivity index is 1.67. The van der Waals surface area contributed by atoms with Crippen molar-refractivity contribution in [2.75, 3.05) is 5.32 Å². The molecule has 0 atom stereocenters. The first-order chi connectivity index (χ1) is 15.7. The monoisotopic (exact) mass is 440 g/mol. The number of hydrogen-bond donors (Lipinski definition) is 2. The van der Waals surface area contributed by atoms with Crippen molar-refractivity contribution in [3.8, 4) is 5.69 Å². The van der Waals surface area contributed by atoms with Crippen LogP contribution < -0.4 is 16.2 Å². The summed E-state index contributed by atoms with van der Waals surface area (Å²) >= 11 is 0. The Bertz CT molecular complexity index is 1390. The number of aromatic nitrogens is 2. The smallest absolute Gasteiger partial charge is 0.279 e. The molecule has 7 nitrogen and oxygen atoms in total. The molecule has 0 radical (unpaired) electrons. The lowest BCUT2D eigenvalue weighted by atomic mass is 10.1. The number of rotatable bonds is 4. The molecule has 0 aliphatic heterocycles. The fourth-order valence-corrected chi connectivity index (χ4v) is 3.41. The van der Waals surface area contributed by atoms with E-state index in [2.05, 4.69) is 15.7 Å². The summed E-state index contributed by atoms with van der Waals surface area (Å²) in [5.41, 5.74) is 1.04. The van der Waals surface area contributed by atoms with Crippen LogP contribution in [0.1, 0.15) is 41.6 Å². The summed E-state index contributed by atoms with van der Waals surface area (Å²) in [5, 5.41) is 11.0. The van der Waals surface area contributed by atoms with Gasteiger partial charge in [-0.3, -0.25) is 14.4 Å². The number of fused-ring (bicyclic) bond motifs is 1. The first-order valence-corrected chi connectivity index (χ1v) is 10.5. The molecule has 166 valence electrons. The second-order valence-corrected chi connectivity index (χ2v) is 8.68. The lowest BCUT2D eigenvalue weighted by molar-refractivity contribution is 0.0919. The maximum absolute atomic E-state index is 13.2. The van der Waals surface area contributed by atoms with Crippen molar-refractivity contribution in [3.05, 3.63) is 100 Å². The van der Waals surface area contributed by atoms with Gasteiger partial charge in [-0.1, -0.05) is 36.4 Å². The van der Waals surface area contributed by atoms with Crippen LogP contribution in [0.2, 0.25) is 0 Å². The maximum Gasteiger partial charge on any atom is 0.279 e. The number of nitrogens with one attached hydrogen (secondary N) is 2. The van der Waals surface area contributed by atoms with Crippen LogP contribution in [-0.4, -0.2) is 27.1 Å². The van der Waals surface area contributed by atoms with Crippen LogP contribution in [-0.2, 0) is 0 Å². The number of benzene rings is 3. The van der Waals surface area contributed by atoms with E-state index in [1.54, 1.807) is 72.8 Å². The van der Waals surface area contributed by atoms with Crippen LogP contribution in [0.5, 0.6) is 0 Å². The topological polar surface area (TPSA) is 93.1 Å². The van der Waals surface area contributed by atoms with Crippen LogP contribution in [0.15, 0.2) is 83.7 Å². The largest absolute Gasteiger partial charge is 0.347 e. The number of amides is 2. The van der Waals surface area contributed by atoms with Gasteiger partial charge in [0, 0.05) is 22.2 Å². The van der Waals surface area contributed by atoms with Gasteiger partial charge in [0.1, 0.15) is 0 Å². The van der Waals surface area contributed by atoms with E-state index < -0.39 is 5.91 Å². The lowest BCUT2D eigenvalue weighted by Crippen LogP contribution is -2.40. The van der Waals surface area contributed by atoms with Crippen LogP contribution in [0.3, 0.4) is 0 Å². The molecule has 3 aromatic carbocycles. The van der Waals surface area contributed by atoms with Crippen molar-refractivity contribution >= 4 is 28.3 Å². The molecule has 4 aromatic rings. The molecule has 0 bridgehead atoms. The normalized spacial score (nSPS) is 11.2. The molecule has 33 heavy (non-hydrogen) atoms. The average molecular weight is 441 g/mol. The Hall–Kier alpha value is -4.26. The Morgan fingerprint density at radius 3 is 2.03 bits per heavy atom. The number of para-hydroxylation sites is 1. The standard InChI is InChI=1S/C26H24N4O3/c1-26(2,3)28-23(31)17-13-15-18(16-14-17)27-24(32)22-20-11-7-8-12-21(20)25(33)30(29-22)19-9-5-4-6-10-19/h4-16H,1-3H3,(H,27,32)(H,28,31). The van der Waals surface area contributed by atoms with Crippen LogP contribution in [0.25, 0.3) is 16.5 Å². The maximum atomic E-state index is 13.2. The van der Waals surface area contributed by atoms with E-state index in [9.17, 15) is 14.4 Å². The second-order valence-electron chi connectivity index (χ2n) is 8.68. The molecule has 0 aliphatic rings. The molecule has 0 unspecified atom stereocenters. The highest BCUT2D eigenvalue weighted by Gasteiger charge is 2.18. The first-order valence-electron chi connectivity index (χ1n) is 10.5. The third-order valence-corrected chi connectivity index (χ3v) is 4.91. The summed E-state index contributed by atoms with van der Waals surface area (Å²) in [6.07, 6.45) is 0. The number of anilines is 1. The first kappa shape index (κ1) is 22.0. The van der Waals surface area contributed by atoms with Crippen LogP contribution in [0.4, 0.5) is 5.69 Å². The van der Waals surface area contributed by atoms with Gasteiger partial charge in [-0.2, -0.15) is 9.78 Å². The highest BCUT2D eigenvalue weighted by molar-refractivity contribution is 6.11. The Morgan fingerprint density at radius 2 is 1.39 bits per heavy atom. The van der Waals surface area contributed by atoms with E-state index in [0.29, 0.717) is 27.7 Å². The molecule has 0 spiro atoms. The zero-order valence-electron chi connectivity index (χ0n) is 18.6. The van der Waals surface area contributed by atoms with E-state index in [1.807, 2.05) is 26.8 Å². The van der Waals surface area contributed by atoms with E-state index in [1.165, 1.54) is 4.68 Å². The van der Waals surface area contributed by atoms with E-state index in [-0.39, 0.29) is 22.7 Å². The van der Waals surface area contributed by atoms with Crippen molar-refractivity contribution in [2.45, 2.75) is 26.3 Å². The molecule has 0 aliphatic carbocycles. The van der Waals surface area contributed by atoms with Crippen molar-refractivity contribution < 1.29 is 9.59 Å². The average Bonchev–Trinajstić information content (AvgIpc) is 2.79. The summed E-state index contributed by atoms with van der Waals surface area (Å²) in [6, 6.07) is 22.5. The molecule has 1 aromatic heterocycles. The predicted molar refractivity (Wildman–Crippen MR) is 129 cm³/mol. The number of hydrogen-bond acceptors (Lipinski definition) is 4. The summed E-state index contributed by atoms with van der Waals surface area (Å²) in [6.45, 7) is 5.73. The molecule has 1 heterocycles. The number of carbonyl (C=O) groups is 2. The second kappa shape index (κ2) is 8.70. The minimum absolute atomic E-state index is 0.128. The number of carbonyl (C=O) groups excluding carboxylic acids is 2. The molecule has 0 saturated heterocycles. The van der Waals surface area contributed by atoms with Gasteiger partial charge in [0.2, 0.25) is 0 Å². The molecule has 7 heteroatoms. The fraction of sp³-hybridized carbons (Fsp3) is 0.154. The van der Waals surface area contributed by atoms with Crippen molar-refractivity contribution in [2.24, 2.45) is 0 Å². The highest BCUT2D eigenvalue weighted by Crippen LogP contribution is 2.18. The van der Waals surface area contributed by atoms with E-state index in [4.69, 9.17) is 0 Å². The molecular weight excluding hydrogens is 416 g/mol. The quantitative estimate of drug-likeness (QED) is 0.498. The number of nitrogens with zero attached hydrogens (tertiary/aromatic N) is 2. The molecule has 2 N–H and O–H groups in total. The van der Waals surface area contributed by atoms with Gasteiger partial charge in [-0.15, -0.1) is 0 Å². The Morgan fingerprint density at radius 1 is 0.788 bits per heavy atom. The zero-order chi connectivity index (χ0) is 23.6. The van der Waals surface area contributed by atoms with Gasteiger partial charge in [-0.05, 0) is 63.2 Å². The minimum Gasteiger partial charge on any atom is -0.347 e. The summed E-state index contributed by atoms with van der Waals surface area (Å²) in [7, 11) is 0. The molecular formula is C26H24N4O3. The van der Waals surface area contributed by atoms with Gasteiger partial charge in [-0.25, -0.2) is 0 Å². The zero-order valence-corrected chi connectivity index (χ0v) is 18.6. The third-order valence-electron chi connectivity index (χ3n) is 4.91. The predicted octanol–water partition coefficient (Wildman–Crippen LogP) is 4.17. The molecule has 0 saturated carbocycles. The van der Waals surface area contributed by atoms with Gasteiger partial charge >= 0.3 is 0 Å². The van der Waals surface area contributed by atoms with Crippen molar-refractivity contribution in [1.29, 1.82) is 0 Å². The fourth-order valence-electron chi connectivity index (χ4n) is 3.41. The van der Waals surface area contributed by atoms with E-state index >= 15 is 0 Å². The SMILES string of the molecule is CC(C)(C)NC(=O)c1ccc(NC(=O)c2nn(-c3ccccc3)c(=O)c3ccccc23)cc1. The van der Waals surface area contributed by atoms with Crippen molar-refractivity contribution in [3.63, 3.8) is 0 Å². The Labute approximate surface area is 191 Å². The highest BCUT2D eigenvalue weighted by atomic mass is 16.2. The summed E-state index contributed by atoms with van der Waals surface area (Å²) in [4.78, 5) is 38.5. The van der Waals surface area contributed by atoms with Gasteiger partial charge in [0.15, 0.2) is 5.69 Å². The molecule has 0 fully saturated rings. The van der Waals surface area contributed by atoms with Crippen LogP contribution >= 0.6 is 0 Å². The lowest BCUT2D eigenvalue weighted by Gasteiger charge is -2.20.